The summed E-state index contributed by atoms with van der Waals surface area (Å²) >= 11 is 0. The van der Waals surface area contributed by atoms with Crippen LogP contribution in [0.4, 0.5) is 0 Å². The van der Waals surface area contributed by atoms with Crippen molar-refractivity contribution in [2.75, 3.05) is 14.2 Å². The molecule has 0 saturated heterocycles. The van der Waals surface area contributed by atoms with Crippen LogP contribution in [0.5, 0.6) is 0 Å². The van der Waals surface area contributed by atoms with Crippen molar-refractivity contribution < 1.29 is 19.1 Å². The van der Waals surface area contributed by atoms with E-state index in [0.29, 0.717) is 0 Å². The molecule has 1 N–H and O–H groups in total. The van der Waals surface area contributed by atoms with Crippen LogP contribution in [0.3, 0.4) is 0 Å². The SMILES string of the molecule is COC(=O)CC(C)(C)NOC(C)OC. The molecule has 5 heteroatoms. The Morgan fingerprint density at radius 2 is 2.00 bits per heavy atom. The van der Waals surface area contributed by atoms with Crippen LogP contribution in [0.2, 0.25) is 0 Å². The molecule has 0 spiro atoms. The minimum atomic E-state index is -0.472. The third-order valence-electron chi connectivity index (χ3n) is 1.65. The Labute approximate surface area is 84.7 Å². The maximum absolute atomic E-state index is 11.0. The van der Waals surface area contributed by atoms with Crippen molar-refractivity contribution in [3.63, 3.8) is 0 Å². The van der Waals surface area contributed by atoms with Gasteiger partial charge in [-0.1, -0.05) is 0 Å². The molecule has 84 valence electrons. The second kappa shape index (κ2) is 5.95. The maximum atomic E-state index is 11.0. The number of methoxy groups -OCH3 is 2. The smallest absolute Gasteiger partial charge is 0.307 e. The molecule has 0 aliphatic heterocycles. The second-order valence-electron chi connectivity index (χ2n) is 3.66. The number of hydrogen-bond acceptors (Lipinski definition) is 5. The quantitative estimate of drug-likeness (QED) is 0.395. The third kappa shape index (κ3) is 5.90. The number of hydrogen-bond donors (Lipinski definition) is 1. The summed E-state index contributed by atoms with van der Waals surface area (Å²) in [5, 5.41) is 0. The van der Waals surface area contributed by atoms with Gasteiger partial charge in [-0.2, -0.15) is 5.48 Å². The zero-order chi connectivity index (χ0) is 11.2. The predicted octanol–water partition coefficient (Wildman–Crippen LogP) is 0.842. The Kier molecular flexibility index (Phi) is 5.68. The van der Waals surface area contributed by atoms with Gasteiger partial charge in [0.05, 0.1) is 13.5 Å². The molecule has 1 unspecified atom stereocenters. The van der Waals surface area contributed by atoms with Gasteiger partial charge in [0.1, 0.15) is 0 Å². The second-order valence-corrected chi connectivity index (χ2v) is 3.66. The van der Waals surface area contributed by atoms with Gasteiger partial charge in [0, 0.05) is 12.6 Å². The molecule has 5 nitrogen and oxygen atoms in total. The van der Waals surface area contributed by atoms with Gasteiger partial charge >= 0.3 is 5.97 Å². The molecule has 1 atom stereocenters. The molecule has 0 aromatic rings. The molecule has 0 bridgehead atoms. The molecule has 0 radical (unpaired) electrons. The molecular weight excluding hydrogens is 186 g/mol. The highest BCUT2D eigenvalue weighted by molar-refractivity contribution is 5.70. The number of carbonyl (C=O) groups is 1. The Bertz CT molecular complexity index is 182. The van der Waals surface area contributed by atoms with E-state index in [9.17, 15) is 4.79 Å². The maximum Gasteiger partial charge on any atom is 0.307 e. The fourth-order valence-corrected chi connectivity index (χ4v) is 0.760. The largest absolute Gasteiger partial charge is 0.469 e. The molecule has 0 aliphatic rings. The standard InChI is InChI=1S/C9H19NO4/c1-7(12-4)14-10-9(2,3)6-8(11)13-5/h7,10H,6H2,1-5H3. The molecule has 0 aromatic heterocycles. The number of esters is 1. The van der Waals surface area contributed by atoms with E-state index in [2.05, 4.69) is 10.2 Å². The van der Waals surface area contributed by atoms with Crippen LogP contribution >= 0.6 is 0 Å². The van der Waals surface area contributed by atoms with Crippen molar-refractivity contribution in [3.8, 4) is 0 Å². The molecule has 14 heavy (non-hydrogen) atoms. The van der Waals surface area contributed by atoms with E-state index >= 15 is 0 Å². The van der Waals surface area contributed by atoms with E-state index in [4.69, 9.17) is 9.57 Å². The lowest BCUT2D eigenvalue weighted by atomic mass is 10.0. The van der Waals surface area contributed by atoms with E-state index < -0.39 is 5.54 Å². The van der Waals surface area contributed by atoms with E-state index in [1.54, 1.807) is 14.0 Å². The molecule has 0 aromatic carbocycles. The lowest BCUT2D eigenvalue weighted by Gasteiger charge is -2.25. The van der Waals surface area contributed by atoms with Gasteiger partial charge in [0.25, 0.3) is 0 Å². The lowest BCUT2D eigenvalue weighted by Crippen LogP contribution is -2.43. The molecule has 0 saturated carbocycles. The number of hydroxylamine groups is 1. The van der Waals surface area contributed by atoms with Gasteiger partial charge in [0.15, 0.2) is 6.29 Å². The average molecular weight is 205 g/mol. The van der Waals surface area contributed by atoms with E-state index in [1.165, 1.54) is 7.11 Å². The topological polar surface area (TPSA) is 56.8 Å². The highest BCUT2D eigenvalue weighted by atomic mass is 16.8. The van der Waals surface area contributed by atoms with Crippen molar-refractivity contribution in [1.29, 1.82) is 0 Å². The summed E-state index contributed by atoms with van der Waals surface area (Å²) in [6.45, 7) is 5.43. The fraction of sp³-hybridized carbons (Fsp3) is 0.889. The summed E-state index contributed by atoms with van der Waals surface area (Å²) in [5.74, 6) is -0.281. The van der Waals surface area contributed by atoms with E-state index in [-0.39, 0.29) is 18.7 Å². The molecule has 0 fully saturated rings. The Morgan fingerprint density at radius 1 is 1.43 bits per heavy atom. The first-order chi connectivity index (χ1) is 6.41. The average Bonchev–Trinajstić information content (AvgIpc) is 2.13. The Morgan fingerprint density at radius 3 is 2.43 bits per heavy atom. The lowest BCUT2D eigenvalue weighted by molar-refractivity contribution is -0.177. The highest BCUT2D eigenvalue weighted by Gasteiger charge is 2.23. The first kappa shape index (κ1) is 13.4. The molecule has 0 heterocycles. The summed E-state index contributed by atoms with van der Waals surface area (Å²) in [4.78, 5) is 16.1. The molecule has 0 rings (SSSR count). The highest BCUT2D eigenvalue weighted by Crippen LogP contribution is 2.09. The Hall–Kier alpha value is -0.650. The van der Waals surface area contributed by atoms with E-state index in [1.807, 2.05) is 13.8 Å². The molecular formula is C9H19NO4. The summed E-state index contributed by atoms with van der Waals surface area (Å²) < 4.78 is 9.43. The van der Waals surface area contributed by atoms with Crippen molar-refractivity contribution in [2.45, 2.75) is 39.0 Å². The van der Waals surface area contributed by atoms with Crippen LogP contribution in [0.1, 0.15) is 27.2 Å². The van der Waals surface area contributed by atoms with Crippen LogP contribution in [0.15, 0.2) is 0 Å². The van der Waals surface area contributed by atoms with Gasteiger partial charge < -0.3 is 9.47 Å². The van der Waals surface area contributed by atoms with Crippen LogP contribution in [-0.4, -0.2) is 32.0 Å². The molecule has 0 amide bonds. The van der Waals surface area contributed by atoms with Crippen LogP contribution in [-0.2, 0) is 19.1 Å². The van der Waals surface area contributed by atoms with Gasteiger partial charge in [-0.25, -0.2) is 0 Å². The summed E-state index contributed by atoms with van der Waals surface area (Å²) in [6, 6.07) is 0. The monoisotopic (exact) mass is 205 g/mol. The van der Waals surface area contributed by atoms with Gasteiger partial charge in [-0.05, 0) is 20.8 Å². The summed E-state index contributed by atoms with van der Waals surface area (Å²) in [6.07, 6.45) is -0.119. The summed E-state index contributed by atoms with van der Waals surface area (Å²) in [5.41, 5.74) is 2.28. The van der Waals surface area contributed by atoms with Gasteiger partial charge in [-0.3, -0.25) is 9.63 Å². The van der Waals surface area contributed by atoms with Gasteiger partial charge in [-0.15, -0.1) is 0 Å². The number of nitrogens with one attached hydrogen (secondary N) is 1. The minimum absolute atomic E-state index is 0.236. The predicted molar refractivity (Wildman–Crippen MR) is 51.4 cm³/mol. The van der Waals surface area contributed by atoms with E-state index in [0.717, 1.165) is 0 Å². The third-order valence-corrected chi connectivity index (χ3v) is 1.65. The summed E-state index contributed by atoms with van der Waals surface area (Å²) in [7, 11) is 2.90. The zero-order valence-electron chi connectivity index (χ0n) is 9.42. The van der Waals surface area contributed by atoms with Crippen LogP contribution in [0, 0.1) is 0 Å². The van der Waals surface area contributed by atoms with Crippen molar-refractivity contribution in [2.24, 2.45) is 0 Å². The van der Waals surface area contributed by atoms with Crippen molar-refractivity contribution in [3.05, 3.63) is 0 Å². The minimum Gasteiger partial charge on any atom is -0.469 e. The first-order valence-corrected chi connectivity index (χ1v) is 4.43. The van der Waals surface area contributed by atoms with Crippen LogP contribution in [0.25, 0.3) is 0 Å². The normalized spacial score (nSPS) is 13.8. The number of ether oxygens (including phenoxy) is 2. The van der Waals surface area contributed by atoms with Crippen molar-refractivity contribution >= 4 is 5.97 Å². The van der Waals surface area contributed by atoms with Gasteiger partial charge in [0.2, 0.25) is 0 Å². The molecule has 0 aliphatic carbocycles. The zero-order valence-corrected chi connectivity index (χ0v) is 9.42. The first-order valence-electron chi connectivity index (χ1n) is 4.43. The number of rotatable bonds is 6. The fourth-order valence-electron chi connectivity index (χ4n) is 0.760. The van der Waals surface area contributed by atoms with Crippen molar-refractivity contribution in [1.82, 2.24) is 5.48 Å². The van der Waals surface area contributed by atoms with Crippen LogP contribution < -0.4 is 5.48 Å². The number of carbonyl (C=O) groups excluding carboxylic acids is 1. The Balaban J connectivity index is 3.88.